The zero-order chi connectivity index (χ0) is 13.7. The van der Waals surface area contributed by atoms with Crippen molar-refractivity contribution in [1.29, 1.82) is 0 Å². The standard InChI is InChI=1S/C13H23N5O/c1-2-13(5-3-4-6-13)10-15-12(19)9-18-8-11(7-14)16-17-18/h8H,2-7,9-10,14H2,1H3,(H,15,19). The predicted molar refractivity (Wildman–Crippen MR) is 72.1 cm³/mol. The van der Waals surface area contributed by atoms with Crippen LogP contribution in [-0.2, 0) is 17.9 Å². The molecule has 1 aliphatic rings. The van der Waals surface area contributed by atoms with Gasteiger partial charge in [0.25, 0.3) is 0 Å². The van der Waals surface area contributed by atoms with Crippen molar-refractivity contribution in [2.75, 3.05) is 6.54 Å². The molecule has 1 fully saturated rings. The van der Waals surface area contributed by atoms with E-state index in [1.165, 1.54) is 30.4 Å². The van der Waals surface area contributed by atoms with Crippen molar-refractivity contribution in [3.8, 4) is 0 Å². The maximum absolute atomic E-state index is 11.9. The van der Waals surface area contributed by atoms with Crippen molar-refractivity contribution in [2.45, 2.75) is 52.1 Å². The first-order valence-corrected chi connectivity index (χ1v) is 7.03. The molecule has 1 amide bonds. The molecule has 106 valence electrons. The van der Waals surface area contributed by atoms with Crippen LogP contribution in [0.1, 0.15) is 44.7 Å². The summed E-state index contributed by atoms with van der Waals surface area (Å²) in [5.41, 5.74) is 6.48. The molecule has 0 unspecified atom stereocenters. The van der Waals surface area contributed by atoms with E-state index in [9.17, 15) is 4.79 Å². The second kappa shape index (κ2) is 6.14. The number of nitrogens with one attached hydrogen (secondary N) is 1. The molecule has 19 heavy (non-hydrogen) atoms. The third-order valence-electron chi connectivity index (χ3n) is 4.18. The molecule has 6 heteroatoms. The van der Waals surface area contributed by atoms with E-state index in [0.29, 0.717) is 17.7 Å². The lowest BCUT2D eigenvalue weighted by Gasteiger charge is -2.27. The van der Waals surface area contributed by atoms with Crippen LogP contribution in [0.3, 0.4) is 0 Å². The van der Waals surface area contributed by atoms with Crippen LogP contribution in [0.4, 0.5) is 0 Å². The monoisotopic (exact) mass is 265 g/mol. The van der Waals surface area contributed by atoms with Crippen molar-refractivity contribution in [2.24, 2.45) is 11.1 Å². The number of amides is 1. The first-order valence-electron chi connectivity index (χ1n) is 7.03. The Morgan fingerprint density at radius 3 is 2.84 bits per heavy atom. The van der Waals surface area contributed by atoms with Crippen molar-refractivity contribution in [1.82, 2.24) is 20.3 Å². The van der Waals surface area contributed by atoms with Crippen molar-refractivity contribution in [3.63, 3.8) is 0 Å². The van der Waals surface area contributed by atoms with Gasteiger partial charge in [0.2, 0.25) is 5.91 Å². The van der Waals surface area contributed by atoms with Gasteiger partial charge in [-0.05, 0) is 24.7 Å². The summed E-state index contributed by atoms with van der Waals surface area (Å²) in [6, 6.07) is 0. The molecule has 0 spiro atoms. The summed E-state index contributed by atoms with van der Waals surface area (Å²) in [4.78, 5) is 11.9. The molecular formula is C13H23N5O. The topological polar surface area (TPSA) is 85.8 Å². The fourth-order valence-corrected chi connectivity index (χ4v) is 2.78. The smallest absolute Gasteiger partial charge is 0.241 e. The van der Waals surface area contributed by atoms with Crippen LogP contribution in [0.25, 0.3) is 0 Å². The maximum Gasteiger partial charge on any atom is 0.241 e. The number of hydrogen-bond donors (Lipinski definition) is 2. The summed E-state index contributed by atoms with van der Waals surface area (Å²) in [6.45, 7) is 3.55. The summed E-state index contributed by atoms with van der Waals surface area (Å²) >= 11 is 0. The van der Waals surface area contributed by atoms with E-state index >= 15 is 0 Å². The van der Waals surface area contributed by atoms with Crippen LogP contribution >= 0.6 is 0 Å². The van der Waals surface area contributed by atoms with Gasteiger partial charge in [0.05, 0.1) is 11.9 Å². The van der Waals surface area contributed by atoms with Crippen molar-refractivity contribution in [3.05, 3.63) is 11.9 Å². The van der Waals surface area contributed by atoms with Gasteiger partial charge in [-0.15, -0.1) is 5.10 Å². The zero-order valence-corrected chi connectivity index (χ0v) is 11.6. The Morgan fingerprint density at radius 2 is 2.26 bits per heavy atom. The van der Waals surface area contributed by atoms with Gasteiger partial charge in [-0.2, -0.15) is 0 Å². The summed E-state index contributed by atoms with van der Waals surface area (Å²) in [5, 5.41) is 10.8. The lowest BCUT2D eigenvalue weighted by molar-refractivity contribution is -0.122. The molecule has 0 aliphatic heterocycles. The van der Waals surface area contributed by atoms with E-state index < -0.39 is 0 Å². The number of aromatic nitrogens is 3. The highest BCUT2D eigenvalue weighted by Crippen LogP contribution is 2.40. The van der Waals surface area contributed by atoms with Crippen LogP contribution in [0.5, 0.6) is 0 Å². The van der Waals surface area contributed by atoms with E-state index in [1.807, 2.05) is 0 Å². The SMILES string of the molecule is CCC1(CNC(=O)Cn2cc(CN)nn2)CCCC1. The summed E-state index contributed by atoms with van der Waals surface area (Å²) in [5.74, 6) is -0.00630. The molecule has 0 saturated heterocycles. The Bertz CT molecular complexity index is 422. The molecule has 0 radical (unpaired) electrons. The summed E-state index contributed by atoms with van der Waals surface area (Å²) < 4.78 is 1.53. The van der Waals surface area contributed by atoms with Crippen LogP contribution in [-0.4, -0.2) is 27.4 Å². The first-order chi connectivity index (χ1) is 9.17. The van der Waals surface area contributed by atoms with E-state index in [1.54, 1.807) is 6.20 Å². The Morgan fingerprint density at radius 1 is 1.53 bits per heavy atom. The van der Waals surface area contributed by atoms with Crippen LogP contribution in [0.15, 0.2) is 6.20 Å². The van der Waals surface area contributed by atoms with Crippen LogP contribution in [0, 0.1) is 5.41 Å². The van der Waals surface area contributed by atoms with E-state index in [4.69, 9.17) is 5.73 Å². The molecule has 0 bridgehead atoms. The number of nitrogens with two attached hydrogens (primary N) is 1. The third-order valence-corrected chi connectivity index (χ3v) is 4.18. The number of rotatable bonds is 6. The second-order valence-electron chi connectivity index (χ2n) is 5.45. The molecule has 1 aromatic heterocycles. The molecule has 1 aromatic rings. The van der Waals surface area contributed by atoms with Gasteiger partial charge in [0, 0.05) is 13.1 Å². The molecule has 1 heterocycles. The minimum Gasteiger partial charge on any atom is -0.354 e. The lowest BCUT2D eigenvalue weighted by Crippen LogP contribution is -2.37. The molecule has 0 atom stereocenters. The number of carbonyl (C=O) groups is 1. The molecular weight excluding hydrogens is 242 g/mol. The van der Waals surface area contributed by atoms with Crippen molar-refractivity contribution >= 4 is 5.91 Å². The van der Waals surface area contributed by atoms with Gasteiger partial charge in [-0.25, -0.2) is 4.68 Å². The van der Waals surface area contributed by atoms with Gasteiger partial charge >= 0.3 is 0 Å². The average Bonchev–Trinajstić information content (AvgIpc) is 3.06. The Labute approximate surface area is 113 Å². The molecule has 1 saturated carbocycles. The highest BCUT2D eigenvalue weighted by Gasteiger charge is 2.32. The third kappa shape index (κ3) is 3.53. The number of nitrogens with zero attached hydrogens (tertiary/aromatic N) is 3. The fraction of sp³-hybridized carbons (Fsp3) is 0.769. The Kier molecular flexibility index (Phi) is 4.52. The molecule has 1 aliphatic carbocycles. The largest absolute Gasteiger partial charge is 0.354 e. The van der Waals surface area contributed by atoms with E-state index in [-0.39, 0.29) is 12.5 Å². The highest BCUT2D eigenvalue weighted by atomic mass is 16.2. The maximum atomic E-state index is 11.9. The normalized spacial score (nSPS) is 17.6. The van der Waals surface area contributed by atoms with Crippen LogP contribution < -0.4 is 11.1 Å². The van der Waals surface area contributed by atoms with Gasteiger partial charge < -0.3 is 11.1 Å². The zero-order valence-electron chi connectivity index (χ0n) is 11.6. The Hall–Kier alpha value is -1.43. The molecule has 0 aromatic carbocycles. The number of carbonyl (C=O) groups excluding carboxylic acids is 1. The summed E-state index contributed by atoms with van der Waals surface area (Å²) in [7, 11) is 0. The average molecular weight is 265 g/mol. The van der Waals surface area contributed by atoms with Gasteiger partial charge in [0.1, 0.15) is 6.54 Å². The fourth-order valence-electron chi connectivity index (χ4n) is 2.78. The van der Waals surface area contributed by atoms with Gasteiger partial charge in [0.15, 0.2) is 0 Å². The van der Waals surface area contributed by atoms with Gasteiger partial charge in [-0.1, -0.05) is 25.0 Å². The summed E-state index contributed by atoms with van der Waals surface area (Å²) in [6.07, 6.45) is 7.87. The van der Waals surface area contributed by atoms with E-state index in [0.717, 1.165) is 13.0 Å². The van der Waals surface area contributed by atoms with Crippen molar-refractivity contribution < 1.29 is 4.79 Å². The minimum absolute atomic E-state index is 0.00630. The second-order valence-corrected chi connectivity index (χ2v) is 5.45. The molecule has 2 rings (SSSR count). The van der Waals surface area contributed by atoms with Crippen LogP contribution in [0.2, 0.25) is 0 Å². The van der Waals surface area contributed by atoms with Gasteiger partial charge in [-0.3, -0.25) is 4.79 Å². The minimum atomic E-state index is -0.00630. The quantitative estimate of drug-likeness (QED) is 0.797. The lowest BCUT2D eigenvalue weighted by atomic mass is 9.83. The molecule has 6 nitrogen and oxygen atoms in total. The first kappa shape index (κ1) is 14.0. The predicted octanol–water partition coefficient (Wildman–Crippen LogP) is 0.823. The Balaban J connectivity index is 1.81. The highest BCUT2D eigenvalue weighted by molar-refractivity contribution is 5.75. The number of hydrogen-bond acceptors (Lipinski definition) is 4. The molecule has 3 N–H and O–H groups in total. The van der Waals surface area contributed by atoms with E-state index in [2.05, 4.69) is 22.6 Å².